The van der Waals surface area contributed by atoms with Gasteiger partial charge in [0.2, 0.25) is 0 Å². The molecule has 0 saturated heterocycles. The van der Waals surface area contributed by atoms with Gasteiger partial charge in [-0.15, -0.1) is 0 Å². The third-order valence-corrected chi connectivity index (χ3v) is 2.17. The lowest BCUT2D eigenvalue weighted by Crippen LogP contribution is -2.35. The number of methoxy groups -OCH3 is 1. The Bertz CT molecular complexity index is 186. The van der Waals surface area contributed by atoms with Gasteiger partial charge in [0.1, 0.15) is 5.54 Å². The van der Waals surface area contributed by atoms with E-state index < -0.39 is 5.54 Å². The van der Waals surface area contributed by atoms with Gasteiger partial charge in [0.05, 0.1) is 12.7 Å². The van der Waals surface area contributed by atoms with Gasteiger partial charge in [-0.3, -0.25) is 0 Å². The molecule has 0 aromatic carbocycles. The SMILES string of the molecule is COCCN(C)CCCC(C)(N)C#N. The van der Waals surface area contributed by atoms with Crippen LogP contribution in [0.25, 0.3) is 0 Å². The van der Waals surface area contributed by atoms with E-state index >= 15 is 0 Å². The van der Waals surface area contributed by atoms with E-state index in [1.807, 2.05) is 7.05 Å². The van der Waals surface area contributed by atoms with E-state index in [9.17, 15) is 0 Å². The van der Waals surface area contributed by atoms with Gasteiger partial charge in [0, 0.05) is 13.7 Å². The minimum absolute atomic E-state index is 0.678. The topological polar surface area (TPSA) is 62.3 Å². The smallest absolute Gasteiger partial charge is 0.101 e. The van der Waals surface area contributed by atoms with Crippen LogP contribution < -0.4 is 5.73 Å². The first-order chi connectivity index (χ1) is 6.52. The number of likely N-dealkylation sites (N-methyl/N-ethyl adjacent to an activating group) is 1. The average Bonchev–Trinajstić information content (AvgIpc) is 2.14. The highest BCUT2D eigenvalue weighted by molar-refractivity contribution is 5.00. The summed E-state index contributed by atoms with van der Waals surface area (Å²) in [4.78, 5) is 2.18. The van der Waals surface area contributed by atoms with Crippen LogP contribution in [0, 0.1) is 11.3 Å². The van der Waals surface area contributed by atoms with Crippen LogP contribution in [0.5, 0.6) is 0 Å². The number of hydrogen-bond acceptors (Lipinski definition) is 4. The van der Waals surface area contributed by atoms with E-state index in [1.54, 1.807) is 14.0 Å². The third-order valence-electron chi connectivity index (χ3n) is 2.17. The number of hydrogen-bond donors (Lipinski definition) is 1. The Balaban J connectivity index is 3.50. The summed E-state index contributed by atoms with van der Waals surface area (Å²) >= 11 is 0. The second-order valence-electron chi connectivity index (χ2n) is 3.93. The van der Waals surface area contributed by atoms with Crippen LogP contribution in [0.15, 0.2) is 0 Å². The second-order valence-corrected chi connectivity index (χ2v) is 3.93. The van der Waals surface area contributed by atoms with E-state index in [-0.39, 0.29) is 0 Å². The van der Waals surface area contributed by atoms with Gasteiger partial charge < -0.3 is 15.4 Å². The third kappa shape index (κ3) is 6.84. The molecule has 0 aliphatic heterocycles. The van der Waals surface area contributed by atoms with Crippen molar-refractivity contribution in [3.63, 3.8) is 0 Å². The summed E-state index contributed by atoms with van der Waals surface area (Å²) in [6.45, 7) is 4.39. The van der Waals surface area contributed by atoms with E-state index in [1.165, 1.54) is 0 Å². The summed E-state index contributed by atoms with van der Waals surface area (Å²) in [6, 6.07) is 2.09. The number of nitrogens with zero attached hydrogens (tertiary/aromatic N) is 2. The second kappa shape index (κ2) is 6.77. The van der Waals surface area contributed by atoms with E-state index in [2.05, 4.69) is 11.0 Å². The maximum Gasteiger partial charge on any atom is 0.101 e. The van der Waals surface area contributed by atoms with Crippen molar-refractivity contribution in [2.75, 3.05) is 33.9 Å². The molecule has 0 bridgehead atoms. The van der Waals surface area contributed by atoms with Crippen LogP contribution >= 0.6 is 0 Å². The van der Waals surface area contributed by atoms with Crippen LogP contribution in [0.1, 0.15) is 19.8 Å². The van der Waals surface area contributed by atoms with Gasteiger partial charge in [-0.25, -0.2) is 0 Å². The van der Waals surface area contributed by atoms with Crippen LogP contribution in [0.4, 0.5) is 0 Å². The van der Waals surface area contributed by atoms with E-state index in [0.717, 1.165) is 32.5 Å². The quantitative estimate of drug-likeness (QED) is 0.651. The molecule has 0 aliphatic rings. The van der Waals surface area contributed by atoms with Gasteiger partial charge >= 0.3 is 0 Å². The lowest BCUT2D eigenvalue weighted by atomic mass is 9.99. The molecule has 1 unspecified atom stereocenters. The Morgan fingerprint density at radius 2 is 2.14 bits per heavy atom. The predicted octanol–water partition coefficient (Wildman–Crippen LogP) is 0.586. The van der Waals surface area contributed by atoms with Crippen LogP contribution in [-0.2, 0) is 4.74 Å². The molecule has 14 heavy (non-hydrogen) atoms. The number of rotatable bonds is 7. The molecule has 0 saturated carbocycles. The average molecular weight is 199 g/mol. The fourth-order valence-electron chi connectivity index (χ4n) is 1.13. The van der Waals surface area contributed by atoms with Crippen molar-refractivity contribution in [2.45, 2.75) is 25.3 Å². The molecule has 0 amide bonds. The van der Waals surface area contributed by atoms with Crippen LogP contribution in [-0.4, -0.2) is 44.3 Å². The Kier molecular flexibility index (Phi) is 6.46. The maximum absolute atomic E-state index is 8.69. The van der Waals surface area contributed by atoms with Crippen molar-refractivity contribution in [3.05, 3.63) is 0 Å². The molecular formula is C10H21N3O. The Morgan fingerprint density at radius 1 is 1.50 bits per heavy atom. The first-order valence-electron chi connectivity index (χ1n) is 4.89. The molecule has 1 atom stereocenters. The summed E-state index contributed by atoms with van der Waals surface area (Å²) in [5.74, 6) is 0. The van der Waals surface area contributed by atoms with E-state index in [4.69, 9.17) is 15.7 Å². The highest BCUT2D eigenvalue weighted by Gasteiger charge is 2.16. The monoisotopic (exact) mass is 199 g/mol. The van der Waals surface area contributed by atoms with Crippen molar-refractivity contribution in [3.8, 4) is 6.07 Å². The zero-order valence-corrected chi connectivity index (χ0v) is 9.42. The molecule has 0 heterocycles. The van der Waals surface area contributed by atoms with Crippen molar-refractivity contribution in [1.82, 2.24) is 4.90 Å². The Hall–Kier alpha value is -0.630. The molecule has 4 nitrogen and oxygen atoms in total. The molecular weight excluding hydrogens is 178 g/mol. The molecule has 2 N–H and O–H groups in total. The molecule has 0 radical (unpaired) electrons. The fraction of sp³-hybridized carbons (Fsp3) is 0.900. The van der Waals surface area contributed by atoms with Crippen molar-refractivity contribution in [2.24, 2.45) is 5.73 Å². The zero-order chi connectivity index (χ0) is 11.0. The largest absolute Gasteiger partial charge is 0.383 e. The first kappa shape index (κ1) is 13.4. The molecule has 0 spiro atoms. The predicted molar refractivity (Wildman–Crippen MR) is 56.8 cm³/mol. The Labute approximate surface area is 86.6 Å². The lowest BCUT2D eigenvalue weighted by Gasteiger charge is -2.19. The standard InChI is InChI=1S/C10H21N3O/c1-10(12,9-11)5-4-6-13(2)7-8-14-3/h4-8,12H2,1-3H3. The first-order valence-corrected chi connectivity index (χ1v) is 4.89. The van der Waals surface area contributed by atoms with Gasteiger partial charge in [0.25, 0.3) is 0 Å². The normalized spacial score (nSPS) is 15.1. The van der Waals surface area contributed by atoms with Gasteiger partial charge in [0.15, 0.2) is 0 Å². The van der Waals surface area contributed by atoms with E-state index in [0.29, 0.717) is 0 Å². The number of ether oxygens (including phenoxy) is 1. The zero-order valence-electron chi connectivity index (χ0n) is 9.42. The molecule has 82 valence electrons. The summed E-state index contributed by atoms with van der Waals surface area (Å²) in [5.41, 5.74) is 5.02. The van der Waals surface area contributed by atoms with Crippen LogP contribution in [0.3, 0.4) is 0 Å². The highest BCUT2D eigenvalue weighted by atomic mass is 16.5. The highest BCUT2D eigenvalue weighted by Crippen LogP contribution is 2.07. The summed E-state index contributed by atoms with van der Waals surface area (Å²) in [5, 5.41) is 8.69. The molecule has 0 aliphatic carbocycles. The molecule has 0 fully saturated rings. The van der Waals surface area contributed by atoms with Crippen molar-refractivity contribution >= 4 is 0 Å². The Morgan fingerprint density at radius 3 is 2.64 bits per heavy atom. The van der Waals surface area contributed by atoms with Crippen LogP contribution in [0.2, 0.25) is 0 Å². The van der Waals surface area contributed by atoms with Gasteiger partial charge in [-0.1, -0.05) is 0 Å². The van der Waals surface area contributed by atoms with Crippen molar-refractivity contribution in [1.29, 1.82) is 5.26 Å². The number of nitriles is 1. The lowest BCUT2D eigenvalue weighted by molar-refractivity contribution is 0.159. The summed E-state index contributed by atoms with van der Waals surface area (Å²) in [7, 11) is 3.74. The fourth-order valence-corrected chi connectivity index (χ4v) is 1.13. The summed E-state index contributed by atoms with van der Waals surface area (Å²) < 4.78 is 4.96. The number of nitrogens with two attached hydrogens (primary N) is 1. The minimum Gasteiger partial charge on any atom is -0.383 e. The summed E-state index contributed by atoms with van der Waals surface area (Å²) in [6.07, 6.45) is 1.68. The van der Waals surface area contributed by atoms with Gasteiger partial charge in [-0.2, -0.15) is 5.26 Å². The minimum atomic E-state index is -0.678. The molecule has 4 heteroatoms. The maximum atomic E-state index is 8.69. The molecule has 0 rings (SSSR count). The molecule has 0 aromatic heterocycles. The van der Waals surface area contributed by atoms with Crippen molar-refractivity contribution < 1.29 is 4.74 Å². The van der Waals surface area contributed by atoms with Gasteiger partial charge in [-0.05, 0) is 33.4 Å². The molecule has 0 aromatic rings.